The number of nitrogens with two attached hydrogens (primary N) is 1. The van der Waals surface area contributed by atoms with E-state index >= 15 is 0 Å². The molecule has 1 saturated heterocycles. The van der Waals surface area contributed by atoms with E-state index < -0.39 is 0 Å². The largest absolute Gasteiger partial charge is 0.375 e. The molecule has 0 bridgehead atoms. The first-order valence-electron chi connectivity index (χ1n) is 5.80. The van der Waals surface area contributed by atoms with Gasteiger partial charge in [0.05, 0.1) is 12.2 Å². The highest BCUT2D eigenvalue weighted by Crippen LogP contribution is 2.26. The van der Waals surface area contributed by atoms with Gasteiger partial charge in [0.25, 0.3) is 0 Å². The number of ether oxygens (including phenoxy) is 1. The van der Waals surface area contributed by atoms with Crippen LogP contribution in [0.15, 0.2) is 0 Å². The molecule has 1 rings (SSSR count). The van der Waals surface area contributed by atoms with E-state index in [0.717, 1.165) is 12.8 Å². The minimum atomic E-state index is 0.226. The Kier molecular flexibility index (Phi) is 3.96. The Morgan fingerprint density at radius 1 is 1.36 bits per heavy atom. The van der Waals surface area contributed by atoms with Crippen molar-refractivity contribution in [2.24, 2.45) is 11.1 Å². The van der Waals surface area contributed by atoms with Crippen LogP contribution in [0, 0.1) is 5.41 Å². The molecular formula is C12H25NO. The van der Waals surface area contributed by atoms with Crippen LogP contribution in [0.25, 0.3) is 0 Å². The van der Waals surface area contributed by atoms with E-state index in [1.165, 1.54) is 12.8 Å². The van der Waals surface area contributed by atoms with Gasteiger partial charge in [0.2, 0.25) is 0 Å². The van der Waals surface area contributed by atoms with Crippen LogP contribution in [0.1, 0.15) is 53.4 Å². The Morgan fingerprint density at radius 3 is 2.43 bits per heavy atom. The standard InChI is InChI=1S/C12H25NO/c1-9-5-6-10(14-9)7-8-11(13)12(2,3)4/h9-11H,5-8,13H2,1-4H3. The van der Waals surface area contributed by atoms with Gasteiger partial charge in [0.1, 0.15) is 0 Å². The highest BCUT2D eigenvalue weighted by Gasteiger charge is 2.25. The molecule has 1 aliphatic rings. The first-order chi connectivity index (χ1) is 6.39. The van der Waals surface area contributed by atoms with Gasteiger partial charge in [-0.25, -0.2) is 0 Å². The monoisotopic (exact) mass is 199 g/mol. The van der Waals surface area contributed by atoms with Crippen molar-refractivity contribution in [2.45, 2.75) is 71.6 Å². The van der Waals surface area contributed by atoms with Crippen molar-refractivity contribution >= 4 is 0 Å². The fourth-order valence-electron chi connectivity index (χ4n) is 1.90. The molecule has 0 radical (unpaired) electrons. The van der Waals surface area contributed by atoms with Crippen molar-refractivity contribution in [1.82, 2.24) is 0 Å². The number of hydrogen-bond donors (Lipinski definition) is 1. The molecule has 84 valence electrons. The minimum Gasteiger partial charge on any atom is -0.375 e. The van der Waals surface area contributed by atoms with Crippen molar-refractivity contribution < 1.29 is 4.74 Å². The molecule has 0 saturated carbocycles. The van der Waals surface area contributed by atoms with Gasteiger partial charge in [-0.1, -0.05) is 20.8 Å². The Balaban J connectivity index is 2.21. The van der Waals surface area contributed by atoms with Crippen LogP contribution in [0.3, 0.4) is 0 Å². The van der Waals surface area contributed by atoms with E-state index in [0.29, 0.717) is 18.2 Å². The van der Waals surface area contributed by atoms with E-state index in [4.69, 9.17) is 10.5 Å². The van der Waals surface area contributed by atoms with Gasteiger partial charge in [-0.2, -0.15) is 0 Å². The lowest BCUT2D eigenvalue weighted by Gasteiger charge is -2.27. The minimum absolute atomic E-state index is 0.226. The van der Waals surface area contributed by atoms with E-state index in [-0.39, 0.29) is 5.41 Å². The Morgan fingerprint density at radius 2 is 2.00 bits per heavy atom. The SMILES string of the molecule is CC1CCC(CCC(N)C(C)(C)C)O1. The summed E-state index contributed by atoms with van der Waals surface area (Å²) in [4.78, 5) is 0. The molecule has 0 aromatic carbocycles. The lowest BCUT2D eigenvalue weighted by atomic mass is 9.84. The second-order valence-corrected chi connectivity index (χ2v) is 5.70. The van der Waals surface area contributed by atoms with Crippen molar-refractivity contribution in [3.63, 3.8) is 0 Å². The van der Waals surface area contributed by atoms with Crippen LogP contribution >= 0.6 is 0 Å². The van der Waals surface area contributed by atoms with Gasteiger partial charge in [-0.3, -0.25) is 0 Å². The van der Waals surface area contributed by atoms with Gasteiger partial charge in [-0.15, -0.1) is 0 Å². The summed E-state index contributed by atoms with van der Waals surface area (Å²) in [6.07, 6.45) is 5.58. The van der Waals surface area contributed by atoms with Crippen molar-refractivity contribution in [3.05, 3.63) is 0 Å². The van der Waals surface area contributed by atoms with E-state index in [2.05, 4.69) is 27.7 Å². The Labute approximate surface area is 88.2 Å². The number of hydrogen-bond acceptors (Lipinski definition) is 2. The summed E-state index contributed by atoms with van der Waals surface area (Å²) in [6, 6.07) is 0.294. The second-order valence-electron chi connectivity index (χ2n) is 5.70. The predicted molar refractivity (Wildman–Crippen MR) is 60.2 cm³/mol. The fraction of sp³-hybridized carbons (Fsp3) is 1.00. The van der Waals surface area contributed by atoms with Gasteiger partial charge < -0.3 is 10.5 Å². The highest BCUT2D eigenvalue weighted by molar-refractivity contribution is 4.79. The van der Waals surface area contributed by atoms with Gasteiger partial charge in [-0.05, 0) is 38.0 Å². The highest BCUT2D eigenvalue weighted by atomic mass is 16.5. The summed E-state index contributed by atoms with van der Waals surface area (Å²) in [5.74, 6) is 0. The zero-order valence-electron chi connectivity index (χ0n) is 10.0. The Bertz CT molecular complexity index is 174. The normalized spacial score (nSPS) is 30.6. The van der Waals surface area contributed by atoms with Gasteiger partial charge in [0.15, 0.2) is 0 Å². The van der Waals surface area contributed by atoms with Crippen molar-refractivity contribution in [2.75, 3.05) is 0 Å². The molecule has 2 N–H and O–H groups in total. The Hall–Kier alpha value is -0.0800. The molecule has 0 amide bonds. The average molecular weight is 199 g/mol. The summed E-state index contributed by atoms with van der Waals surface area (Å²) < 4.78 is 5.77. The number of rotatable bonds is 3. The molecule has 3 atom stereocenters. The third-order valence-corrected chi connectivity index (χ3v) is 3.23. The molecule has 0 aromatic rings. The average Bonchev–Trinajstić information content (AvgIpc) is 2.45. The van der Waals surface area contributed by atoms with E-state index in [9.17, 15) is 0 Å². The molecule has 1 fully saturated rings. The van der Waals surface area contributed by atoms with E-state index in [1.54, 1.807) is 0 Å². The smallest absolute Gasteiger partial charge is 0.0580 e. The summed E-state index contributed by atoms with van der Waals surface area (Å²) in [6.45, 7) is 8.77. The van der Waals surface area contributed by atoms with Crippen molar-refractivity contribution in [3.8, 4) is 0 Å². The van der Waals surface area contributed by atoms with Crippen LogP contribution in [-0.2, 0) is 4.74 Å². The summed E-state index contributed by atoms with van der Waals surface area (Å²) >= 11 is 0. The van der Waals surface area contributed by atoms with Gasteiger partial charge in [0, 0.05) is 6.04 Å². The molecule has 0 spiro atoms. The van der Waals surface area contributed by atoms with E-state index in [1.807, 2.05) is 0 Å². The maximum Gasteiger partial charge on any atom is 0.0580 e. The zero-order chi connectivity index (χ0) is 10.8. The molecule has 0 aromatic heterocycles. The molecule has 0 aliphatic carbocycles. The first-order valence-corrected chi connectivity index (χ1v) is 5.80. The lowest BCUT2D eigenvalue weighted by molar-refractivity contribution is 0.0466. The molecule has 2 nitrogen and oxygen atoms in total. The predicted octanol–water partition coefficient (Wildman–Crippen LogP) is 2.71. The van der Waals surface area contributed by atoms with Crippen LogP contribution in [0.4, 0.5) is 0 Å². The van der Waals surface area contributed by atoms with Crippen LogP contribution in [0.5, 0.6) is 0 Å². The maximum absolute atomic E-state index is 6.11. The molecule has 2 heteroatoms. The van der Waals surface area contributed by atoms with Crippen LogP contribution in [-0.4, -0.2) is 18.2 Å². The second kappa shape index (κ2) is 4.63. The van der Waals surface area contributed by atoms with Crippen molar-refractivity contribution in [1.29, 1.82) is 0 Å². The molecule has 3 unspecified atom stereocenters. The topological polar surface area (TPSA) is 35.2 Å². The zero-order valence-corrected chi connectivity index (χ0v) is 10.0. The van der Waals surface area contributed by atoms with Crippen LogP contribution in [0.2, 0.25) is 0 Å². The molecular weight excluding hydrogens is 174 g/mol. The molecule has 1 heterocycles. The molecule has 14 heavy (non-hydrogen) atoms. The third kappa shape index (κ3) is 3.58. The third-order valence-electron chi connectivity index (χ3n) is 3.23. The summed E-state index contributed by atoms with van der Waals surface area (Å²) in [5.41, 5.74) is 6.33. The van der Waals surface area contributed by atoms with Crippen LogP contribution < -0.4 is 5.73 Å². The lowest BCUT2D eigenvalue weighted by Crippen LogP contribution is -2.35. The molecule has 1 aliphatic heterocycles. The first kappa shape index (κ1) is 12.0. The maximum atomic E-state index is 6.11. The quantitative estimate of drug-likeness (QED) is 0.758. The summed E-state index contributed by atoms with van der Waals surface area (Å²) in [5, 5.41) is 0. The van der Waals surface area contributed by atoms with Gasteiger partial charge >= 0.3 is 0 Å². The fourth-order valence-corrected chi connectivity index (χ4v) is 1.90. The summed E-state index contributed by atoms with van der Waals surface area (Å²) in [7, 11) is 0.